The van der Waals surface area contributed by atoms with E-state index in [1.807, 2.05) is 30.3 Å². The van der Waals surface area contributed by atoms with E-state index in [4.69, 9.17) is 15.2 Å². The van der Waals surface area contributed by atoms with Crippen LogP contribution in [0.2, 0.25) is 0 Å². The van der Waals surface area contributed by atoms with Crippen LogP contribution in [0.5, 0.6) is 0 Å². The van der Waals surface area contributed by atoms with Gasteiger partial charge in [0.1, 0.15) is 23.3 Å². The maximum atomic E-state index is 12.8. The highest BCUT2D eigenvalue weighted by molar-refractivity contribution is 5.77. The Morgan fingerprint density at radius 1 is 1.06 bits per heavy atom. The summed E-state index contributed by atoms with van der Waals surface area (Å²) in [5.74, 6) is -0.878. The lowest BCUT2D eigenvalue weighted by molar-refractivity contribution is -0.172. The standard InChI is InChI=1S/C26H38N2O4/c1-8-13-19(9-2)17-22(28-7)24(30)32-26(5,6)18-25(3,4)31-23(29)21(27)16-20-14-11-10-12-15-20/h8-15,21-22,28H,1-2,16-18,27H2,3-7H3/b19-13+. The summed E-state index contributed by atoms with van der Waals surface area (Å²) in [5, 5.41) is 2.98. The van der Waals surface area contributed by atoms with Gasteiger partial charge in [0.25, 0.3) is 0 Å². The SMILES string of the molecule is C=C/C=C(\C=C)CC(NC)C(=O)OC(C)(C)CC(C)(C)OC(=O)C(N)Cc1ccccc1. The molecule has 1 rings (SSSR count). The van der Waals surface area contributed by atoms with Crippen LogP contribution < -0.4 is 11.1 Å². The Hall–Kier alpha value is -2.70. The summed E-state index contributed by atoms with van der Waals surface area (Å²) in [6, 6.07) is 8.23. The molecule has 0 fully saturated rings. The number of hydrogen-bond acceptors (Lipinski definition) is 6. The number of ether oxygens (including phenoxy) is 2. The number of carbonyl (C=O) groups is 2. The molecule has 0 spiro atoms. The topological polar surface area (TPSA) is 90.6 Å². The second-order valence-corrected chi connectivity index (χ2v) is 9.06. The van der Waals surface area contributed by atoms with Crippen molar-refractivity contribution in [1.29, 1.82) is 0 Å². The molecule has 0 amide bonds. The number of esters is 2. The zero-order valence-electron chi connectivity index (χ0n) is 20.0. The van der Waals surface area contributed by atoms with Crippen LogP contribution in [0.15, 0.2) is 67.3 Å². The molecule has 0 heterocycles. The first-order valence-corrected chi connectivity index (χ1v) is 10.8. The summed E-state index contributed by atoms with van der Waals surface area (Å²) in [6.07, 6.45) is 6.26. The van der Waals surface area contributed by atoms with Crippen molar-refractivity contribution in [1.82, 2.24) is 5.32 Å². The molecule has 32 heavy (non-hydrogen) atoms. The number of nitrogens with one attached hydrogen (secondary N) is 1. The minimum absolute atomic E-state index is 0.308. The summed E-state index contributed by atoms with van der Waals surface area (Å²) in [7, 11) is 1.70. The monoisotopic (exact) mass is 442 g/mol. The number of benzene rings is 1. The summed E-state index contributed by atoms with van der Waals surface area (Å²) < 4.78 is 11.5. The molecule has 6 heteroatoms. The second kappa shape index (κ2) is 12.4. The van der Waals surface area contributed by atoms with Crippen LogP contribution in [0.4, 0.5) is 0 Å². The van der Waals surface area contributed by atoms with Gasteiger partial charge in [0.05, 0.1) is 0 Å². The lowest BCUT2D eigenvalue weighted by Gasteiger charge is -2.35. The van der Waals surface area contributed by atoms with Crippen molar-refractivity contribution < 1.29 is 19.1 Å². The second-order valence-electron chi connectivity index (χ2n) is 9.06. The van der Waals surface area contributed by atoms with Crippen LogP contribution >= 0.6 is 0 Å². The molecule has 0 radical (unpaired) electrons. The molecule has 3 N–H and O–H groups in total. The maximum absolute atomic E-state index is 12.8. The van der Waals surface area contributed by atoms with E-state index in [1.54, 1.807) is 53.0 Å². The van der Waals surface area contributed by atoms with E-state index < -0.39 is 35.2 Å². The van der Waals surface area contributed by atoms with Gasteiger partial charge in [-0.05, 0) is 58.7 Å². The Kier molecular flexibility index (Phi) is 10.6. The zero-order chi connectivity index (χ0) is 24.4. The molecule has 2 unspecified atom stereocenters. The maximum Gasteiger partial charge on any atom is 0.324 e. The van der Waals surface area contributed by atoms with Gasteiger partial charge in [0.15, 0.2) is 0 Å². The Morgan fingerprint density at radius 3 is 2.12 bits per heavy atom. The van der Waals surface area contributed by atoms with Gasteiger partial charge >= 0.3 is 11.9 Å². The van der Waals surface area contributed by atoms with Gasteiger partial charge < -0.3 is 20.5 Å². The van der Waals surface area contributed by atoms with Crippen molar-refractivity contribution in [3.05, 3.63) is 72.9 Å². The fourth-order valence-corrected chi connectivity index (χ4v) is 3.65. The molecular formula is C26H38N2O4. The summed E-state index contributed by atoms with van der Waals surface area (Å²) in [6.45, 7) is 14.6. The van der Waals surface area contributed by atoms with Gasteiger partial charge in [-0.25, -0.2) is 0 Å². The van der Waals surface area contributed by atoms with Gasteiger partial charge in [0, 0.05) is 6.42 Å². The van der Waals surface area contributed by atoms with Crippen LogP contribution in [0.1, 0.15) is 46.1 Å². The predicted molar refractivity (Wildman–Crippen MR) is 129 cm³/mol. The lowest BCUT2D eigenvalue weighted by Crippen LogP contribution is -2.46. The molecule has 1 aromatic rings. The van der Waals surface area contributed by atoms with E-state index in [-0.39, 0.29) is 0 Å². The molecule has 0 aromatic heterocycles. The number of carbonyl (C=O) groups excluding carboxylic acids is 2. The largest absolute Gasteiger partial charge is 0.458 e. The van der Waals surface area contributed by atoms with Gasteiger partial charge in [0.2, 0.25) is 0 Å². The first-order valence-electron chi connectivity index (χ1n) is 10.8. The Bertz CT molecular complexity index is 812. The number of likely N-dealkylation sites (N-methyl/N-ethyl adjacent to an activating group) is 1. The molecule has 0 saturated carbocycles. The molecule has 0 bridgehead atoms. The highest BCUT2D eigenvalue weighted by Gasteiger charge is 2.37. The van der Waals surface area contributed by atoms with Gasteiger partial charge in [-0.15, -0.1) is 0 Å². The minimum Gasteiger partial charge on any atom is -0.458 e. The van der Waals surface area contributed by atoms with E-state index >= 15 is 0 Å². The lowest BCUT2D eigenvalue weighted by atomic mass is 9.91. The summed E-state index contributed by atoms with van der Waals surface area (Å²) in [5.41, 5.74) is 6.15. The first-order chi connectivity index (χ1) is 14.9. The van der Waals surface area contributed by atoms with Crippen LogP contribution in [0, 0.1) is 0 Å². The Morgan fingerprint density at radius 2 is 1.62 bits per heavy atom. The van der Waals surface area contributed by atoms with Crippen LogP contribution in [-0.4, -0.2) is 42.3 Å². The first kappa shape index (κ1) is 27.3. The van der Waals surface area contributed by atoms with Crippen molar-refractivity contribution in [2.45, 2.75) is 70.2 Å². The van der Waals surface area contributed by atoms with Crippen molar-refractivity contribution in [3.63, 3.8) is 0 Å². The third kappa shape index (κ3) is 9.62. The van der Waals surface area contributed by atoms with Crippen molar-refractivity contribution in [3.8, 4) is 0 Å². The summed E-state index contributed by atoms with van der Waals surface area (Å²) in [4.78, 5) is 25.3. The molecular weight excluding hydrogens is 404 g/mol. The average Bonchev–Trinajstić information content (AvgIpc) is 2.69. The molecule has 1 aromatic carbocycles. The van der Waals surface area contributed by atoms with Crippen molar-refractivity contribution in [2.24, 2.45) is 5.73 Å². The van der Waals surface area contributed by atoms with Crippen LogP contribution in [0.25, 0.3) is 0 Å². The third-order valence-electron chi connectivity index (χ3n) is 4.87. The minimum atomic E-state index is -0.876. The molecule has 0 aliphatic rings. The fraction of sp³-hybridized carbons (Fsp3) is 0.462. The Labute approximate surface area is 192 Å². The number of allylic oxidation sites excluding steroid dienone is 3. The van der Waals surface area contributed by atoms with E-state index in [2.05, 4.69) is 18.5 Å². The third-order valence-corrected chi connectivity index (χ3v) is 4.87. The zero-order valence-corrected chi connectivity index (χ0v) is 20.0. The molecule has 0 aliphatic heterocycles. The van der Waals surface area contributed by atoms with Crippen molar-refractivity contribution >= 4 is 11.9 Å². The highest BCUT2D eigenvalue weighted by Crippen LogP contribution is 2.28. The number of nitrogens with two attached hydrogens (primary N) is 1. The molecule has 6 nitrogen and oxygen atoms in total. The molecule has 176 valence electrons. The normalized spacial score (nSPS) is 14.2. The van der Waals surface area contributed by atoms with Gasteiger partial charge in [-0.1, -0.05) is 61.7 Å². The molecule has 0 saturated heterocycles. The van der Waals surface area contributed by atoms with E-state index in [1.165, 1.54) is 0 Å². The summed E-state index contributed by atoms with van der Waals surface area (Å²) >= 11 is 0. The van der Waals surface area contributed by atoms with Crippen LogP contribution in [-0.2, 0) is 25.5 Å². The van der Waals surface area contributed by atoms with Crippen molar-refractivity contribution in [2.75, 3.05) is 7.05 Å². The van der Waals surface area contributed by atoms with Crippen LogP contribution in [0.3, 0.4) is 0 Å². The smallest absolute Gasteiger partial charge is 0.324 e. The van der Waals surface area contributed by atoms with E-state index in [0.29, 0.717) is 19.3 Å². The molecule has 2 atom stereocenters. The van der Waals surface area contributed by atoms with E-state index in [9.17, 15) is 9.59 Å². The quantitative estimate of drug-likeness (QED) is 0.356. The molecule has 0 aliphatic carbocycles. The Balaban J connectivity index is 2.72. The highest BCUT2D eigenvalue weighted by atomic mass is 16.6. The van der Waals surface area contributed by atoms with Gasteiger partial charge in [-0.3, -0.25) is 9.59 Å². The van der Waals surface area contributed by atoms with Gasteiger partial charge in [-0.2, -0.15) is 0 Å². The van der Waals surface area contributed by atoms with E-state index in [0.717, 1.165) is 11.1 Å². The predicted octanol–water partition coefficient (Wildman–Crippen LogP) is 3.87. The fourth-order valence-electron chi connectivity index (χ4n) is 3.65. The number of hydrogen-bond donors (Lipinski definition) is 2. The number of rotatable bonds is 13. The average molecular weight is 443 g/mol.